The summed E-state index contributed by atoms with van der Waals surface area (Å²) in [5, 5.41) is 12.2. The van der Waals surface area contributed by atoms with Gasteiger partial charge in [0.25, 0.3) is 0 Å². The molecule has 0 aromatic heterocycles. The molecule has 1 atom stereocenters. The van der Waals surface area contributed by atoms with Gasteiger partial charge in [0.15, 0.2) is 0 Å². The van der Waals surface area contributed by atoms with Crippen molar-refractivity contribution < 1.29 is 5.11 Å². The molecular formula is C9H24N4O. The smallest absolute Gasteiger partial charge is 0.103 e. The van der Waals surface area contributed by atoms with E-state index in [-0.39, 0.29) is 0 Å². The topological polar surface area (TPSA) is 87.5 Å². The molecule has 0 radical (unpaired) electrons. The lowest BCUT2D eigenvalue weighted by Gasteiger charge is -2.21. The first-order valence-corrected chi connectivity index (χ1v) is 5.27. The molecule has 5 heteroatoms. The summed E-state index contributed by atoms with van der Waals surface area (Å²) >= 11 is 0. The van der Waals surface area contributed by atoms with Crippen molar-refractivity contribution in [1.82, 2.24) is 10.2 Å². The van der Waals surface area contributed by atoms with Crippen LogP contribution in [-0.4, -0.2) is 55.5 Å². The molecule has 0 aliphatic carbocycles. The van der Waals surface area contributed by atoms with Gasteiger partial charge in [0.2, 0.25) is 0 Å². The van der Waals surface area contributed by atoms with Crippen molar-refractivity contribution in [2.24, 2.45) is 11.5 Å². The molecule has 0 saturated heterocycles. The van der Waals surface area contributed by atoms with Gasteiger partial charge in [-0.2, -0.15) is 0 Å². The van der Waals surface area contributed by atoms with E-state index in [4.69, 9.17) is 16.6 Å². The molecule has 0 amide bonds. The number of nitrogens with two attached hydrogens (primary N) is 2. The Morgan fingerprint density at radius 1 is 1.36 bits per heavy atom. The first-order valence-electron chi connectivity index (χ1n) is 5.27. The number of rotatable bonds is 9. The summed E-state index contributed by atoms with van der Waals surface area (Å²) in [5.74, 6) is 0. The lowest BCUT2D eigenvalue weighted by molar-refractivity contribution is 0.148. The van der Waals surface area contributed by atoms with E-state index in [9.17, 15) is 0 Å². The predicted octanol–water partition coefficient (Wildman–Crippen LogP) is -1.48. The van der Waals surface area contributed by atoms with Crippen LogP contribution < -0.4 is 16.8 Å². The first kappa shape index (κ1) is 13.8. The highest BCUT2D eigenvalue weighted by molar-refractivity contribution is 4.59. The Balaban J connectivity index is 3.38. The maximum Gasteiger partial charge on any atom is 0.103 e. The van der Waals surface area contributed by atoms with Crippen LogP contribution in [0.25, 0.3) is 0 Å². The number of aliphatic hydroxyl groups excluding tert-OH is 1. The summed E-state index contributed by atoms with van der Waals surface area (Å²) in [7, 11) is 0. The highest BCUT2D eigenvalue weighted by atomic mass is 16.3. The average Bonchev–Trinajstić information content (AvgIpc) is 2.16. The van der Waals surface area contributed by atoms with Gasteiger partial charge in [0, 0.05) is 32.7 Å². The Bertz CT molecular complexity index is 121. The normalized spacial score (nSPS) is 13.5. The van der Waals surface area contributed by atoms with Crippen molar-refractivity contribution in [3.05, 3.63) is 0 Å². The zero-order valence-corrected chi connectivity index (χ0v) is 9.08. The second-order valence-corrected chi connectivity index (χ2v) is 3.33. The minimum Gasteiger partial charge on any atom is -0.379 e. The minimum atomic E-state index is -0.693. The molecule has 0 aromatic rings. The van der Waals surface area contributed by atoms with Gasteiger partial charge in [0.1, 0.15) is 6.23 Å². The Hall–Kier alpha value is -0.200. The summed E-state index contributed by atoms with van der Waals surface area (Å²) in [6, 6.07) is 0. The zero-order valence-electron chi connectivity index (χ0n) is 9.08. The van der Waals surface area contributed by atoms with E-state index in [1.165, 1.54) is 0 Å². The molecule has 1 unspecified atom stereocenters. The summed E-state index contributed by atoms with van der Waals surface area (Å²) in [6.45, 7) is 7.38. The van der Waals surface area contributed by atoms with Gasteiger partial charge in [-0.3, -0.25) is 0 Å². The molecular weight excluding hydrogens is 180 g/mol. The van der Waals surface area contributed by atoms with Crippen molar-refractivity contribution >= 4 is 0 Å². The van der Waals surface area contributed by atoms with Gasteiger partial charge >= 0.3 is 0 Å². The van der Waals surface area contributed by atoms with E-state index < -0.39 is 6.23 Å². The zero-order chi connectivity index (χ0) is 10.8. The van der Waals surface area contributed by atoms with E-state index in [0.717, 1.165) is 32.7 Å². The SMILES string of the molecule is CCN(CCNCCN)CCC(N)O. The second kappa shape index (κ2) is 9.36. The van der Waals surface area contributed by atoms with Crippen LogP contribution in [0.4, 0.5) is 0 Å². The molecule has 5 nitrogen and oxygen atoms in total. The van der Waals surface area contributed by atoms with E-state index in [0.29, 0.717) is 13.0 Å². The monoisotopic (exact) mass is 204 g/mol. The van der Waals surface area contributed by atoms with Gasteiger partial charge in [-0.05, 0) is 13.0 Å². The van der Waals surface area contributed by atoms with Crippen LogP contribution in [0.3, 0.4) is 0 Å². The van der Waals surface area contributed by atoms with Gasteiger partial charge in [-0.1, -0.05) is 6.92 Å². The highest BCUT2D eigenvalue weighted by Crippen LogP contribution is 1.91. The number of hydrogen-bond acceptors (Lipinski definition) is 5. The maximum absolute atomic E-state index is 8.93. The predicted molar refractivity (Wildman–Crippen MR) is 58.8 cm³/mol. The maximum atomic E-state index is 8.93. The third-order valence-electron chi connectivity index (χ3n) is 2.11. The Labute approximate surface area is 86.4 Å². The van der Waals surface area contributed by atoms with E-state index >= 15 is 0 Å². The molecule has 0 aliphatic heterocycles. The quantitative estimate of drug-likeness (QED) is 0.272. The number of aliphatic hydroxyl groups is 1. The molecule has 0 rings (SSSR count). The summed E-state index contributed by atoms with van der Waals surface area (Å²) < 4.78 is 0. The lowest BCUT2D eigenvalue weighted by Crippen LogP contribution is -2.36. The molecule has 0 fully saturated rings. The van der Waals surface area contributed by atoms with Crippen LogP contribution in [0.5, 0.6) is 0 Å². The molecule has 0 aromatic carbocycles. The second-order valence-electron chi connectivity index (χ2n) is 3.33. The van der Waals surface area contributed by atoms with Crippen molar-refractivity contribution in [3.63, 3.8) is 0 Å². The molecule has 14 heavy (non-hydrogen) atoms. The van der Waals surface area contributed by atoms with Gasteiger partial charge in [0.05, 0.1) is 0 Å². The standard InChI is InChI=1S/C9H24N4O/c1-2-13(7-3-9(11)14)8-6-12-5-4-10/h9,12,14H,2-8,10-11H2,1H3. The fourth-order valence-corrected chi connectivity index (χ4v) is 1.21. The number of hydrogen-bond donors (Lipinski definition) is 4. The molecule has 6 N–H and O–H groups in total. The van der Waals surface area contributed by atoms with Crippen LogP contribution in [0.15, 0.2) is 0 Å². The minimum absolute atomic E-state index is 0.630. The van der Waals surface area contributed by atoms with E-state index in [2.05, 4.69) is 17.1 Å². The number of nitrogens with zero attached hydrogens (tertiary/aromatic N) is 1. The molecule has 86 valence electrons. The van der Waals surface area contributed by atoms with Crippen LogP contribution >= 0.6 is 0 Å². The van der Waals surface area contributed by atoms with Crippen molar-refractivity contribution in [3.8, 4) is 0 Å². The summed E-state index contributed by atoms with van der Waals surface area (Å²) in [6.07, 6.45) is -0.0638. The average molecular weight is 204 g/mol. The van der Waals surface area contributed by atoms with Crippen LogP contribution in [0.1, 0.15) is 13.3 Å². The first-order chi connectivity index (χ1) is 6.70. The third-order valence-corrected chi connectivity index (χ3v) is 2.11. The van der Waals surface area contributed by atoms with E-state index in [1.807, 2.05) is 0 Å². The number of likely N-dealkylation sites (N-methyl/N-ethyl adjacent to an activating group) is 1. The summed E-state index contributed by atoms with van der Waals surface area (Å²) in [4.78, 5) is 2.25. The van der Waals surface area contributed by atoms with Crippen LogP contribution in [0.2, 0.25) is 0 Å². The molecule has 0 bridgehead atoms. The van der Waals surface area contributed by atoms with Crippen molar-refractivity contribution in [2.45, 2.75) is 19.6 Å². The molecule has 0 spiro atoms. The van der Waals surface area contributed by atoms with Gasteiger partial charge in [-0.25, -0.2) is 0 Å². The summed E-state index contributed by atoms with van der Waals surface area (Å²) in [5.41, 5.74) is 10.6. The Kier molecular flexibility index (Phi) is 9.23. The largest absolute Gasteiger partial charge is 0.379 e. The van der Waals surface area contributed by atoms with Gasteiger partial charge < -0.3 is 26.8 Å². The molecule has 0 heterocycles. The fraction of sp³-hybridized carbons (Fsp3) is 1.00. The highest BCUT2D eigenvalue weighted by Gasteiger charge is 2.03. The van der Waals surface area contributed by atoms with Crippen molar-refractivity contribution in [2.75, 3.05) is 39.3 Å². The van der Waals surface area contributed by atoms with Crippen LogP contribution in [0, 0.1) is 0 Å². The molecule has 0 aliphatic rings. The fourth-order valence-electron chi connectivity index (χ4n) is 1.21. The Morgan fingerprint density at radius 2 is 2.07 bits per heavy atom. The Morgan fingerprint density at radius 3 is 2.57 bits per heavy atom. The lowest BCUT2D eigenvalue weighted by atomic mass is 10.3. The van der Waals surface area contributed by atoms with Crippen molar-refractivity contribution in [1.29, 1.82) is 0 Å². The third kappa shape index (κ3) is 8.40. The number of nitrogens with one attached hydrogen (secondary N) is 1. The molecule has 0 saturated carbocycles. The van der Waals surface area contributed by atoms with Gasteiger partial charge in [-0.15, -0.1) is 0 Å². The van der Waals surface area contributed by atoms with E-state index in [1.54, 1.807) is 0 Å². The van der Waals surface area contributed by atoms with Crippen LogP contribution in [-0.2, 0) is 0 Å².